The molecule has 1 aromatic carbocycles. The van der Waals surface area contributed by atoms with Gasteiger partial charge in [0.1, 0.15) is 0 Å². The lowest BCUT2D eigenvalue weighted by molar-refractivity contribution is -0.138. The quantitative estimate of drug-likeness (QED) is 0.864. The third-order valence-electron chi connectivity index (χ3n) is 5.60. The van der Waals surface area contributed by atoms with Crippen LogP contribution in [-0.4, -0.2) is 58.9 Å². The summed E-state index contributed by atoms with van der Waals surface area (Å²) in [5.41, 5.74) is 1.70. The third kappa shape index (κ3) is 3.55. The van der Waals surface area contributed by atoms with Gasteiger partial charge in [0.25, 0.3) is 0 Å². The smallest absolute Gasteiger partial charge is 0.335 e. The van der Waals surface area contributed by atoms with Crippen molar-refractivity contribution in [2.45, 2.75) is 38.1 Å². The summed E-state index contributed by atoms with van der Waals surface area (Å²) in [6.45, 7) is 3.81. The summed E-state index contributed by atoms with van der Waals surface area (Å²) in [4.78, 5) is 26.0. The number of carbonyl (C=O) groups is 2. The van der Waals surface area contributed by atoms with Crippen molar-refractivity contribution in [2.75, 3.05) is 26.4 Å². The molecule has 2 aliphatic heterocycles. The number of aliphatic hydroxyl groups is 1. The Morgan fingerprint density at radius 3 is 2.64 bits per heavy atom. The number of hydrogen-bond acceptors (Lipinski definition) is 4. The van der Waals surface area contributed by atoms with E-state index in [-0.39, 0.29) is 36.0 Å². The Kier molecular flexibility index (Phi) is 5.11. The van der Waals surface area contributed by atoms with Crippen molar-refractivity contribution >= 4 is 11.9 Å². The monoisotopic (exact) mass is 347 g/mol. The van der Waals surface area contributed by atoms with Gasteiger partial charge in [-0.15, -0.1) is 0 Å². The molecule has 2 N–H and O–H groups in total. The zero-order valence-corrected chi connectivity index (χ0v) is 14.5. The Morgan fingerprint density at radius 1 is 1.32 bits per heavy atom. The lowest BCUT2D eigenvalue weighted by atomic mass is 9.84. The predicted molar refractivity (Wildman–Crippen MR) is 91.5 cm³/mol. The van der Waals surface area contributed by atoms with Crippen LogP contribution in [0.4, 0.5) is 0 Å². The molecule has 0 aromatic heterocycles. The van der Waals surface area contributed by atoms with Crippen molar-refractivity contribution in [1.29, 1.82) is 0 Å². The van der Waals surface area contributed by atoms with Crippen LogP contribution in [0.1, 0.15) is 40.7 Å². The minimum absolute atomic E-state index is 0.0454. The molecule has 1 aromatic rings. The number of benzene rings is 1. The summed E-state index contributed by atoms with van der Waals surface area (Å²) >= 11 is 0. The predicted octanol–water partition coefficient (Wildman–Crippen LogP) is 1.63. The number of aliphatic hydroxyl groups excluding tert-OH is 1. The van der Waals surface area contributed by atoms with Gasteiger partial charge < -0.3 is 19.8 Å². The minimum Gasteiger partial charge on any atom is -0.478 e. The standard InChI is InChI=1S/C19H25NO5/c1-13-8-16(18(23)24)3-2-15(13)9-17(22)20-11-14(12-21)10-19(20)4-6-25-7-5-19/h2-3,8,14,21H,4-7,9-12H2,1H3,(H,23,24). The Hall–Kier alpha value is -1.92. The van der Waals surface area contributed by atoms with E-state index in [1.165, 1.54) is 0 Å². The lowest BCUT2D eigenvalue weighted by Crippen LogP contribution is -2.51. The molecule has 0 saturated carbocycles. The highest BCUT2D eigenvalue weighted by Gasteiger charge is 2.48. The van der Waals surface area contributed by atoms with Crippen molar-refractivity contribution in [3.05, 3.63) is 34.9 Å². The fourth-order valence-electron chi connectivity index (χ4n) is 4.16. The minimum atomic E-state index is -0.965. The molecular formula is C19H25NO5. The number of carboxylic acids is 1. The maximum atomic E-state index is 13.0. The van der Waals surface area contributed by atoms with Gasteiger partial charge in [-0.25, -0.2) is 4.79 Å². The number of ether oxygens (including phenoxy) is 1. The highest BCUT2D eigenvalue weighted by Crippen LogP contribution is 2.40. The lowest BCUT2D eigenvalue weighted by Gasteiger charge is -2.41. The zero-order valence-electron chi connectivity index (χ0n) is 14.5. The van der Waals surface area contributed by atoms with Crippen LogP contribution in [0.5, 0.6) is 0 Å². The SMILES string of the molecule is Cc1cc(C(=O)O)ccc1CC(=O)N1CC(CO)CC12CCOCC2. The molecule has 0 aliphatic carbocycles. The van der Waals surface area contributed by atoms with E-state index in [1.54, 1.807) is 18.2 Å². The van der Waals surface area contributed by atoms with E-state index in [0.717, 1.165) is 30.4 Å². The molecular weight excluding hydrogens is 322 g/mol. The molecule has 1 spiro atoms. The maximum absolute atomic E-state index is 13.0. The van der Waals surface area contributed by atoms with Crippen LogP contribution in [0.3, 0.4) is 0 Å². The van der Waals surface area contributed by atoms with E-state index >= 15 is 0 Å². The first-order valence-electron chi connectivity index (χ1n) is 8.77. The van der Waals surface area contributed by atoms with Gasteiger partial charge in [-0.05, 0) is 49.4 Å². The van der Waals surface area contributed by atoms with Crippen LogP contribution in [0.15, 0.2) is 18.2 Å². The number of hydrogen-bond donors (Lipinski definition) is 2. The van der Waals surface area contributed by atoms with Crippen molar-refractivity contribution in [1.82, 2.24) is 4.90 Å². The van der Waals surface area contributed by atoms with Crippen LogP contribution < -0.4 is 0 Å². The van der Waals surface area contributed by atoms with Crippen molar-refractivity contribution < 1.29 is 24.5 Å². The number of rotatable bonds is 4. The van der Waals surface area contributed by atoms with Gasteiger partial charge in [0.15, 0.2) is 0 Å². The number of carboxylic acid groups (broad SMARTS) is 1. The number of amides is 1. The van der Waals surface area contributed by atoms with Crippen LogP contribution in [-0.2, 0) is 16.0 Å². The first-order valence-corrected chi connectivity index (χ1v) is 8.77. The van der Waals surface area contributed by atoms with Gasteiger partial charge in [-0.2, -0.15) is 0 Å². The molecule has 2 aliphatic rings. The molecule has 1 atom stereocenters. The number of nitrogens with zero attached hydrogens (tertiary/aromatic N) is 1. The maximum Gasteiger partial charge on any atom is 0.335 e. The average Bonchev–Trinajstić information content (AvgIpc) is 2.95. The largest absolute Gasteiger partial charge is 0.478 e. The number of aromatic carboxylic acids is 1. The van der Waals surface area contributed by atoms with Crippen LogP contribution in [0.2, 0.25) is 0 Å². The van der Waals surface area contributed by atoms with Crippen molar-refractivity contribution in [3.63, 3.8) is 0 Å². The highest BCUT2D eigenvalue weighted by atomic mass is 16.5. The topological polar surface area (TPSA) is 87.1 Å². The fourth-order valence-corrected chi connectivity index (χ4v) is 4.16. The Balaban J connectivity index is 1.78. The number of aryl methyl sites for hydroxylation is 1. The highest BCUT2D eigenvalue weighted by molar-refractivity contribution is 5.88. The Labute approximate surface area is 147 Å². The molecule has 1 amide bonds. The molecule has 136 valence electrons. The molecule has 2 heterocycles. The second-order valence-corrected chi connectivity index (χ2v) is 7.22. The second kappa shape index (κ2) is 7.14. The summed E-state index contributed by atoms with van der Waals surface area (Å²) in [5.74, 6) is -0.797. The van der Waals surface area contributed by atoms with E-state index in [0.29, 0.717) is 19.8 Å². The third-order valence-corrected chi connectivity index (χ3v) is 5.60. The summed E-state index contributed by atoms with van der Waals surface area (Å²) < 4.78 is 5.47. The number of likely N-dealkylation sites (tertiary alicyclic amines) is 1. The van der Waals surface area contributed by atoms with Crippen LogP contribution in [0, 0.1) is 12.8 Å². The first kappa shape index (κ1) is 17.9. The van der Waals surface area contributed by atoms with Gasteiger partial charge in [0, 0.05) is 37.8 Å². The Bertz CT molecular complexity index is 666. The molecule has 6 heteroatoms. The first-order chi connectivity index (χ1) is 11.9. The summed E-state index contributed by atoms with van der Waals surface area (Å²) in [7, 11) is 0. The van der Waals surface area contributed by atoms with Crippen LogP contribution >= 0.6 is 0 Å². The van der Waals surface area contributed by atoms with E-state index in [4.69, 9.17) is 9.84 Å². The van der Waals surface area contributed by atoms with Gasteiger partial charge >= 0.3 is 5.97 Å². The van der Waals surface area contributed by atoms with E-state index in [2.05, 4.69) is 0 Å². The van der Waals surface area contributed by atoms with Crippen LogP contribution in [0.25, 0.3) is 0 Å². The fraction of sp³-hybridized carbons (Fsp3) is 0.579. The summed E-state index contributed by atoms with van der Waals surface area (Å²) in [6, 6.07) is 4.88. The van der Waals surface area contributed by atoms with Gasteiger partial charge in [-0.3, -0.25) is 4.79 Å². The Morgan fingerprint density at radius 2 is 2.04 bits per heavy atom. The molecule has 3 rings (SSSR count). The number of carbonyl (C=O) groups excluding carboxylic acids is 1. The molecule has 0 bridgehead atoms. The van der Waals surface area contributed by atoms with Gasteiger partial charge in [0.2, 0.25) is 5.91 Å². The summed E-state index contributed by atoms with van der Waals surface area (Å²) in [5, 5.41) is 18.6. The molecule has 25 heavy (non-hydrogen) atoms. The van der Waals surface area contributed by atoms with E-state index < -0.39 is 5.97 Å². The molecule has 6 nitrogen and oxygen atoms in total. The zero-order chi connectivity index (χ0) is 18.0. The molecule has 1 unspecified atom stereocenters. The van der Waals surface area contributed by atoms with E-state index in [9.17, 15) is 14.7 Å². The van der Waals surface area contributed by atoms with E-state index in [1.807, 2.05) is 11.8 Å². The van der Waals surface area contributed by atoms with Crippen molar-refractivity contribution in [2.24, 2.45) is 5.92 Å². The molecule has 2 saturated heterocycles. The molecule has 0 radical (unpaired) electrons. The summed E-state index contributed by atoms with van der Waals surface area (Å²) in [6.07, 6.45) is 2.71. The molecule has 2 fully saturated rings. The average molecular weight is 347 g/mol. The second-order valence-electron chi connectivity index (χ2n) is 7.22. The van der Waals surface area contributed by atoms with Gasteiger partial charge in [0.05, 0.1) is 12.0 Å². The normalized spacial score (nSPS) is 22.3. The van der Waals surface area contributed by atoms with Crippen molar-refractivity contribution in [3.8, 4) is 0 Å². The van der Waals surface area contributed by atoms with Gasteiger partial charge in [-0.1, -0.05) is 6.07 Å².